The summed E-state index contributed by atoms with van der Waals surface area (Å²) in [4.78, 5) is 11.2. The van der Waals surface area contributed by atoms with E-state index in [1.807, 2.05) is 24.7 Å². The highest BCUT2D eigenvalue weighted by atomic mass is 15.1. The number of pyridine rings is 1. The van der Waals surface area contributed by atoms with Crippen LogP contribution >= 0.6 is 0 Å². The van der Waals surface area contributed by atoms with Gasteiger partial charge in [0.05, 0.1) is 0 Å². The molecule has 0 aliphatic carbocycles. The summed E-state index contributed by atoms with van der Waals surface area (Å²) in [5.74, 6) is 1.83. The molecule has 0 amide bonds. The molecule has 0 bridgehead atoms. The minimum atomic E-state index is 0.714. The van der Waals surface area contributed by atoms with E-state index in [0.717, 1.165) is 18.9 Å². The molecule has 1 atom stereocenters. The van der Waals surface area contributed by atoms with Gasteiger partial charge >= 0.3 is 0 Å². The standard InChI is InChI=1S/C22H26N4/c1-18-24-11-13-26(18)17-20-4-3-12-25(16-20)15-19-6-8-21(9-7-19)22-5-2-10-23-14-22/h2,5-11,13-14,20H,3-4,12,15-17H2,1H3/t20-/m0/s1. The normalized spacial score (nSPS) is 18.1. The van der Waals surface area contributed by atoms with Gasteiger partial charge in [0, 0.05) is 44.4 Å². The van der Waals surface area contributed by atoms with E-state index in [0.29, 0.717) is 5.92 Å². The minimum absolute atomic E-state index is 0.714. The first-order valence-corrected chi connectivity index (χ1v) is 9.47. The molecule has 26 heavy (non-hydrogen) atoms. The number of imidazole rings is 1. The Bertz CT molecular complexity index is 823. The molecule has 0 N–H and O–H groups in total. The van der Waals surface area contributed by atoms with Gasteiger partial charge in [0.15, 0.2) is 0 Å². The molecule has 0 spiro atoms. The van der Waals surface area contributed by atoms with Crippen LogP contribution in [0.2, 0.25) is 0 Å². The van der Waals surface area contributed by atoms with Crippen LogP contribution in [-0.2, 0) is 13.1 Å². The van der Waals surface area contributed by atoms with Crippen molar-refractivity contribution in [3.05, 3.63) is 72.6 Å². The number of rotatable bonds is 5. The van der Waals surface area contributed by atoms with Crippen LogP contribution < -0.4 is 0 Å². The molecular formula is C22H26N4. The van der Waals surface area contributed by atoms with Crippen LogP contribution in [0, 0.1) is 12.8 Å². The average Bonchev–Trinajstić information content (AvgIpc) is 3.08. The second-order valence-electron chi connectivity index (χ2n) is 7.31. The third-order valence-corrected chi connectivity index (χ3v) is 5.34. The Hall–Kier alpha value is -2.46. The Morgan fingerprint density at radius 2 is 1.96 bits per heavy atom. The maximum Gasteiger partial charge on any atom is 0.105 e. The van der Waals surface area contributed by atoms with Crippen LogP contribution in [0.5, 0.6) is 0 Å². The SMILES string of the molecule is Cc1nccn1C[C@H]1CCCN(Cc2ccc(-c3cccnc3)cc2)C1. The van der Waals surface area contributed by atoms with Crippen LogP contribution in [0.4, 0.5) is 0 Å². The molecule has 1 fully saturated rings. The smallest absolute Gasteiger partial charge is 0.105 e. The summed E-state index contributed by atoms with van der Waals surface area (Å²) in [7, 11) is 0. The quantitative estimate of drug-likeness (QED) is 0.695. The molecule has 4 heteroatoms. The van der Waals surface area contributed by atoms with Gasteiger partial charge < -0.3 is 4.57 Å². The van der Waals surface area contributed by atoms with Crippen molar-refractivity contribution in [3.8, 4) is 11.1 Å². The Morgan fingerprint density at radius 3 is 2.69 bits per heavy atom. The van der Waals surface area contributed by atoms with Crippen molar-refractivity contribution in [2.45, 2.75) is 32.9 Å². The predicted octanol–water partition coefficient (Wildman–Crippen LogP) is 4.17. The van der Waals surface area contributed by atoms with Crippen LogP contribution in [0.25, 0.3) is 11.1 Å². The van der Waals surface area contributed by atoms with Gasteiger partial charge in [-0.1, -0.05) is 30.3 Å². The third-order valence-electron chi connectivity index (χ3n) is 5.34. The molecule has 2 aromatic heterocycles. The van der Waals surface area contributed by atoms with Crippen LogP contribution in [0.3, 0.4) is 0 Å². The molecule has 1 aliphatic rings. The fourth-order valence-electron chi connectivity index (χ4n) is 3.91. The highest BCUT2D eigenvalue weighted by Crippen LogP contribution is 2.22. The Kier molecular flexibility index (Phi) is 5.12. The molecule has 4 rings (SSSR count). The van der Waals surface area contributed by atoms with E-state index in [1.165, 1.54) is 42.6 Å². The van der Waals surface area contributed by atoms with Gasteiger partial charge in [-0.15, -0.1) is 0 Å². The van der Waals surface area contributed by atoms with E-state index in [4.69, 9.17) is 0 Å². The fraction of sp³-hybridized carbons (Fsp3) is 0.364. The molecule has 1 aromatic carbocycles. The van der Waals surface area contributed by atoms with Crippen LogP contribution in [0.1, 0.15) is 24.2 Å². The number of nitrogens with zero attached hydrogens (tertiary/aromatic N) is 4. The Balaban J connectivity index is 1.37. The molecule has 0 radical (unpaired) electrons. The zero-order valence-corrected chi connectivity index (χ0v) is 15.4. The molecule has 1 saturated heterocycles. The van der Waals surface area contributed by atoms with E-state index < -0.39 is 0 Å². The molecule has 4 nitrogen and oxygen atoms in total. The van der Waals surface area contributed by atoms with Gasteiger partial charge in [-0.3, -0.25) is 9.88 Å². The fourth-order valence-corrected chi connectivity index (χ4v) is 3.91. The Labute approximate surface area is 155 Å². The van der Waals surface area contributed by atoms with Gasteiger partial charge in [-0.25, -0.2) is 4.98 Å². The average molecular weight is 346 g/mol. The van der Waals surface area contributed by atoms with Crippen LogP contribution in [-0.4, -0.2) is 32.5 Å². The van der Waals surface area contributed by atoms with Crippen molar-refractivity contribution >= 4 is 0 Å². The van der Waals surface area contributed by atoms with E-state index >= 15 is 0 Å². The van der Waals surface area contributed by atoms with Gasteiger partial charge in [0.1, 0.15) is 5.82 Å². The number of hydrogen-bond acceptors (Lipinski definition) is 3. The topological polar surface area (TPSA) is 34.0 Å². The van der Waals surface area contributed by atoms with E-state index in [-0.39, 0.29) is 0 Å². The lowest BCUT2D eigenvalue weighted by atomic mass is 9.97. The largest absolute Gasteiger partial charge is 0.335 e. The summed E-state index contributed by atoms with van der Waals surface area (Å²) in [5, 5.41) is 0. The third kappa shape index (κ3) is 4.02. The second-order valence-corrected chi connectivity index (χ2v) is 7.31. The van der Waals surface area contributed by atoms with Gasteiger partial charge in [0.2, 0.25) is 0 Å². The van der Waals surface area contributed by atoms with E-state index in [1.54, 1.807) is 0 Å². The molecule has 134 valence electrons. The summed E-state index contributed by atoms with van der Waals surface area (Å²) in [5.41, 5.74) is 3.79. The number of aromatic nitrogens is 3. The van der Waals surface area contributed by atoms with Crippen LogP contribution in [0.15, 0.2) is 61.2 Å². The molecule has 0 saturated carbocycles. The lowest BCUT2D eigenvalue weighted by Gasteiger charge is -2.33. The highest BCUT2D eigenvalue weighted by Gasteiger charge is 2.20. The van der Waals surface area contributed by atoms with Gasteiger partial charge in [-0.2, -0.15) is 0 Å². The summed E-state index contributed by atoms with van der Waals surface area (Å²) in [6.07, 6.45) is 10.3. The summed E-state index contributed by atoms with van der Waals surface area (Å²) in [6, 6.07) is 13.0. The second kappa shape index (κ2) is 7.83. The summed E-state index contributed by atoms with van der Waals surface area (Å²) in [6.45, 7) is 6.57. The molecule has 3 aromatic rings. The van der Waals surface area contributed by atoms with Crippen molar-refractivity contribution in [2.75, 3.05) is 13.1 Å². The summed E-state index contributed by atoms with van der Waals surface area (Å²) < 4.78 is 2.29. The zero-order valence-electron chi connectivity index (χ0n) is 15.4. The van der Waals surface area contributed by atoms with E-state index in [9.17, 15) is 0 Å². The first kappa shape index (κ1) is 17.0. The van der Waals surface area contributed by atoms with Crippen molar-refractivity contribution in [3.63, 3.8) is 0 Å². The number of benzene rings is 1. The van der Waals surface area contributed by atoms with Gasteiger partial charge in [-0.05, 0) is 55.0 Å². The van der Waals surface area contributed by atoms with E-state index in [2.05, 4.69) is 62.9 Å². The van der Waals surface area contributed by atoms with Crippen molar-refractivity contribution in [1.29, 1.82) is 0 Å². The predicted molar refractivity (Wildman–Crippen MR) is 105 cm³/mol. The lowest BCUT2D eigenvalue weighted by molar-refractivity contribution is 0.155. The molecule has 1 aliphatic heterocycles. The zero-order chi connectivity index (χ0) is 17.8. The summed E-state index contributed by atoms with van der Waals surface area (Å²) >= 11 is 0. The van der Waals surface area contributed by atoms with Crippen molar-refractivity contribution < 1.29 is 0 Å². The maximum absolute atomic E-state index is 4.35. The number of likely N-dealkylation sites (tertiary alicyclic amines) is 1. The van der Waals surface area contributed by atoms with Crippen molar-refractivity contribution in [1.82, 2.24) is 19.4 Å². The first-order valence-electron chi connectivity index (χ1n) is 9.47. The molecule has 0 unspecified atom stereocenters. The first-order chi connectivity index (χ1) is 12.8. The molecule has 3 heterocycles. The van der Waals surface area contributed by atoms with Gasteiger partial charge in [0.25, 0.3) is 0 Å². The minimum Gasteiger partial charge on any atom is -0.335 e. The number of hydrogen-bond donors (Lipinski definition) is 0. The lowest BCUT2D eigenvalue weighted by Crippen LogP contribution is -2.36. The maximum atomic E-state index is 4.35. The highest BCUT2D eigenvalue weighted by molar-refractivity contribution is 5.62. The van der Waals surface area contributed by atoms with Crippen molar-refractivity contribution in [2.24, 2.45) is 5.92 Å². The number of piperidine rings is 1. The number of aryl methyl sites for hydroxylation is 1. The Morgan fingerprint density at radius 1 is 1.08 bits per heavy atom. The molecular weight excluding hydrogens is 320 g/mol. The monoisotopic (exact) mass is 346 g/mol.